The van der Waals surface area contributed by atoms with E-state index in [2.05, 4.69) is 19.7 Å². The van der Waals surface area contributed by atoms with Gasteiger partial charge in [-0.05, 0) is 24.0 Å². The van der Waals surface area contributed by atoms with Gasteiger partial charge in [0.1, 0.15) is 36.4 Å². The number of nitrogens with zero attached hydrogens (tertiary/aromatic N) is 4. The average molecular weight is 509 g/mol. The van der Waals surface area contributed by atoms with Gasteiger partial charge in [-0.2, -0.15) is 0 Å². The smallest absolute Gasteiger partial charge is 0.281 e. The number of rotatable bonds is 6. The van der Waals surface area contributed by atoms with Crippen LogP contribution < -0.4 is 10.5 Å². The third kappa shape index (κ3) is 5.69. The molecule has 1 aliphatic carbocycles. The number of carbonyl (C=O) groups is 1. The Balaban J connectivity index is 0.000000201. The third-order valence-corrected chi connectivity index (χ3v) is 6.31. The predicted octanol–water partition coefficient (Wildman–Crippen LogP) is 3.10. The van der Waals surface area contributed by atoms with E-state index in [4.69, 9.17) is 19.8 Å². The van der Waals surface area contributed by atoms with Crippen LogP contribution in [0, 0.1) is 0 Å². The molecule has 3 atom stereocenters. The van der Waals surface area contributed by atoms with Crippen molar-refractivity contribution in [3.63, 3.8) is 0 Å². The Kier molecular flexibility index (Phi) is 7.79. The molecule has 5 rings (SSSR count). The summed E-state index contributed by atoms with van der Waals surface area (Å²) in [4.78, 5) is 23.5. The van der Waals surface area contributed by atoms with Gasteiger partial charge in [0.05, 0.1) is 19.0 Å². The first-order chi connectivity index (χ1) is 16.8. The molecule has 3 aromatic rings. The second-order valence-electron chi connectivity index (χ2n) is 8.16. The summed E-state index contributed by atoms with van der Waals surface area (Å²) in [5, 5.41) is 9.16. The number of alkyl halides is 2. The zero-order valence-electron chi connectivity index (χ0n) is 18.9. The van der Waals surface area contributed by atoms with Crippen molar-refractivity contribution in [3.8, 4) is 0 Å². The number of benzene rings is 1. The van der Waals surface area contributed by atoms with Crippen molar-refractivity contribution >= 4 is 35.1 Å². The van der Waals surface area contributed by atoms with Gasteiger partial charge in [-0.25, -0.2) is 23.7 Å². The number of fused-ring (bicyclic) bond motifs is 2. The summed E-state index contributed by atoms with van der Waals surface area (Å²) in [5.74, 6) is -2.69. The number of halogens is 2. The van der Waals surface area contributed by atoms with E-state index < -0.39 is 12.0 Å². The van der Waals surface area contributed by atoms with Crippen LogP contribution in [0.5, 0.6) is 0 Å². The Bertz CT molecular complexity index is 1180. The maximum Gasteiger partial charge on any atom is 0.281 e. The fourth-order valence-corrected chi connectivity index (χ4v) is 4.41. The number of aromatic nitrogens is 4. The summed E-state index contributed by atoms with van der Waals surface area (Å²) in [5.41, 5.74) is 7.94. The number of carbonyl (C=O) groups excluding carboxylic acids is 1. The number of amides is 1. The van der Waals surface area contributed by atoms with Crippen molar-refractivity contribution in [2.75, 3.05) is 12.3 Å². The molecule has 4 N–H and O–H groups in total. The molecule has 2 aromatic heterocycles. The van der Waals surface area contributed by atoms with Crippen molar-refractivity contribution < 1.29 is 27.6 Å². The molecule has 1 aliphatic heterocycles. The van der Waals surface area contributed by atoms with Crippen LogP contribution in [0.3, 0.4) is 0 Å². The second-order valence-corrected chi connectivity index (χ2v) is 8.77. The monoisotopic (exact) mass is 508 g/mol. The molecule has 0 bridgehead atoms. The summed E-state index contributed by atoms with van der Waals surface area (Å²) in [6.45, 7) is 2.18. The van der Waals surface area contributed by atoms with Crippen LogP contribution in [0.1, 0.15) is 49.6 Å². The minimum absolute atomic E-state index is 0.0392. The van der Waals surface area contributed by atoms with E-state index in [0.29, 0.717) is 41.1 Å². The summed E-state index contributed by atoms with van der Waals surface area (Å²) in [6.07, 6.45) is 3.04. The average Bonchev–Trinajstić information content (AvgIpc) is 3.54. The summed E-state index contributed by atoms with van der Waals surface area (Å²) >= 11 is 0.940. The highest BCUT2D eigenvalue weighted by Crippen LogP contribution is 2.42. The van der Waals surface area contributed by atoms with Crippen LogP contribution in [-0.4, -0.2) is 49.2 Å². The largest absolute Gasteiger partial charge is 0.382 e. The summed E-state index contributed by atoms with van der Waals surface area (Å²) in [6, 6.07) is 6.52. The Morgan fingerprint density at radius 3 is 2.91 bits per heavy atom. The van der Waals surface area contributed by atoms with Crippen LogP contribution in [0.25, 0.3) is 11.2 Å². The quantitative estimate of drug-likeness (QED) is 0.260. The summed E-state index contributed by atoms with van der Waals surface area (Å²) in [7, 11) is 0. The molecule has 10 nitrogen and oxygen atoms in total. The van der Waals surface area contributed by atoms with Gasteiger partial charge < -0.3 is 15.6 Å². The maximum atomic E-state index is 12.9. The van der Waals surface area contributed by atoms with Crippen LogP contribution in [0.15, 0.2) is 36.9 Å². The Morgan fingerprint density at radius 1 is 1.34 bits per heavy atom. The van der Waals surface area contributed by atoms with E-state index in [1.807, 2.05) is 4.57 Å². The molecule has 1 amide bonds. The van der Waals surface area contributed by atoms with Gasteiger partial charge in [0.25, 0.3) is 5.92 Å². The zero-order valence-corrected chi connectivity index (χ0v) is 19.8. The first kappa shape index (κ1) is 25.2. The molecular weight excluding hydrogens is 482 g/mol. The van der Waals surface area contributed by atoms with Gasteiger partial charge in [0.2, 0.25) is 5.91 Å². The van der Waals surface area contributed by atoms with Gasteiger partial charge in [-0.15, -0.1) is 0 Å². The zero-order chi connectivity index (χ0) is 25.0. The molecule has 0 saturated carbocycles. The van der Waals surface area contributed by atoms with Crippen LogP contribution in [0.2, 0.25) is 0 Å². The highest BCUT2D eigenvalue weighted by atomic mass is 32.2. The lowest BCUT2D eigenvalue weighted by Gasteiger charge is -2.15. The van der Waals surface area contributed by atoms with E-state index in [9.17, 15) is 13.6 Å². The number of ether oxygens (including phenoxy) is 1. The van der Waals surface area contributed by atoms with E-state index >= 15 is 0 Å². The number of aliphatic hydroxyl groups excluding tert-OH is 1. The number of hydrogen-bond donors (Lipinski definition) is 3. The molecule has 1 saturated heterocycles. The third-order valence-electron chi connectivity index (χ3n) is 5.75. The lowest BCUT2D eigenvalue weighted by molar-refractivity contribution is -0.119. The fourth-order valence-electron chi connectivity index (χ4n) is 3.89. The molecule has 188 valence electrons. The standard InChI is InChI=1S/C13H18N6O3S.C9H8F2O/c1-2-9(20)18-23-21-5-8-3-4-10(22-8)19-7-17-11-12(14)15-6-16-13(11)19;10-9(11)5-6-3-1-2-4-7(6)8(9)12/h6-8,10H,2-5H2,1H3,(H,18,20)(H2,14,15,16);1-4,8,12H,5H2. The van der Waals surface area contributed by atoms with E-state index in [0.717, 1.165) is 25.1 Å². The minimum Gasteiger partial charge on any atom is -0.382 e. The van der Waals surface area contributed by atoms with Crippen LogP contribution >= 0.6 is 12.2 Å². The number of nitrogens with two attached hydrogens (primary N) is 1. The fraction of sp³-hybridized carbons (Fsp3) is 0.455. The molecule has 2 aliphatic rings. The van der Waals surface area contributed by atoms with Crippen LogP contribution in [-0.2, 0) is 20.1 Å². The minimum atomic E-state index is -2.98. The van der Waals surface area contributed by atoms with Crippen molar-refractivity contribution in [1.29, 1.82) is 0 Å². The van der Waals surface area contributed by atoms with E-state index in [1.54, 1.807) is 37.5 Å². The molecule has 13 heteroatoms. The number of hydrogen-bond acceptors (Lipinski definition) is 9. The van der Waals surface area contributed by atoms with Crippen LogP contribution in [0.4, 0.5) is 14.6 Å². The lowest BCUT2D eigenvalue weighted by Crippen LogP contribution is -2.21. The molecule has 0 spiro atoms. The van der Waals surface area contributed by atoms with Gasteiger partial charge >= 0.3 is 0 Å². The Hall–Kier alpha value is -2.87. The SMILES string of the molecule is CCC(=O)NSOCC1CCC(n2cnc3c(N)ncnc32)O1.OC1c2ccccc2CC1(F)F. The molecule has 35 heavy (non-hydrogen) atoms. The molecular formula is C22H26F2N6O4S. The second kappa shape index (κ2) is 10.8. The maximum absolute atomic E-state index is 12.9. The first-order valence-electron chi connectivity index (χ1n) is 11.1. The number of nitrogen functional groups attached to an aromatic ring is 1. The molecule has 0 radical (unpaired) electrons. The molecule has 1 fully saturated rings. The topological polar surface area (TPSA) is 137 Å². The van der Waals surface area contributed by atoms with Gasteiger partial charge in [-0.3, -0.25) is 18.3 Å². The molecule has 3 heterocycles. The van der Waals surface area contributed by atoms with Gasteiger partial charge in [-0.1, -0.05) is 31.2 Å². The Labute approximate surface area is 204 Å². The number of imidazole rings is 1. The highest BCUT2D eigenvalue weighted by Gasteiger charge is 2.46. The number of nitrogens with one attached hydrogen (secondary N) is 1. The molecule has 1 aromatic carbocycles. The first-order valence-corrected chi connectivity index (χ1v) is 11.8. The van der Waals surface area contributed by atoms with E-state index in [1.165, 1.54) is 6.33 Å². The Morgan fingerprint density at radius 2 is 2.14 bits per heavy atom. The van der Waals surface area contributed by atoms with Gasteiger partial charge in [0, 0.05) is 12.8 Å². The molecule has 3 unspecified atom stereocenters. The number of anilines is 1. The van der Waals surface area contributed by atoms with Crippen molar-refractivity contribution in [3.05, 3.63) is 48.0 Å². The number of aliphatic hydroxyl groups is 1. The van der Waals surface area contributed by atoms with Crippen molar-refractivity contribution in [2.45, 2.75) is 57.0 Å². The lowest BCUT2D eigenvalue weighted by atomic mass is 10.1. The van der Waals surface area contributed by atoms with E-state index in [-0.39, 0.29) is 24.7 Å². The summed E-state index contributed by atoms with van der Waals surface area (Å²) < 4.78 is 41.5. The highest BCUT2D eigenvalue weighted by molar-refractivity contribution is 7.93. The van der Waals surface area contributed by atoms with Crippen molar-refractivity contribution in [2.24, 2.45) is 0 Å². The normalized spacial score (nSPS) is 22.5. The van der Waals surface area contributed by atoms with Crippen molar-refractivity contribution in [1.82, 2.24) is 24.2 Å². The van der Waals surface area contributed by atoms with Gasteiger partial charge in [0.15, 0.2) is 11.5 Å². The predicted molar refractivity (Wildman–Crippen MR) is 125 cm³/mol.